The van der Waals surface area contributed by atoms with E-state index in [0.29, 0.717) is 15.5 Å². The summed E-state index contributed by atoms with van der Waals surface area (Å²) >= 11 is 6.61. The van der Waals surface area contributed by atoms with E-state index >= 15 is 0 Å². The monoisotopic (exact) mass is 978 g/mol. The van der Waals surface area contributed by atoms with Crippen LogP contribution in [-0.4, -0.2) is 0 Å². The van der Waals surface area contributed by atoms with Crippen LogP contribution < -0.4 is 21.2 Å². The fraction of sp³-hybridized carbons (Fsp3) is 0. The molecular formula is C28H28Au2Br2P2-2. The maximum atomic E-state index is 4.31. The molecule has 0 aromatic heterocycles. The summed E-state index contributed by atoms with van der Waals surface area (Å²) in [4.78, 5) is 0. The van der Waals surface area contributed by atoms with Gasteiger partial charge >= 0.3 is 63.9 Å². The van der Waals surface area contributed by atoms with E-state index in [1.54, 1.807) is 0 Å². The SMILES string of the molecule is [Au+].[Br][Au-][Br].[CH2-][P+]([CH2-])(c1ccccc1)c1ccccc1.[CH2-][P+]([CH2-])(c1ccccc1)c1ccccc1. The summed E-state index contributed by atoms with van der Waals surface area (Å²) in [5, 5.41) is 4.99. The second-order valence-electron chi connectivity index (χ2n) is 7.32. The Morgan fingerprint density at radius 3 is 0.706 bits per heavy atom. The van der Waals surface area contributed by atoms with Gasteiger partial charge in [0.25, 0.3) is 0 Å². The van der Waals surface area contributed by atoms with Crippen LogP contribution in [0.3, 0.4) is 0 Å². The van der Waals surface area contributed by atoms with Gasteiger partial charge in [-0.05, 0) is 48.5 Å². The molecular weight excluding hydrogens is 952 g/mol. The van der Waals surface area contributed by atoms with Gasteiger partial charge in [-0.1, -0.05) is 72.8 Å². The Morgan fingerprint density at radius 2 is 0.559 bits per heavy atom. The summed E-state index contributed by atoms with van der Waals surface area (Å²) in [6.07, 6.45) is 0. The van der Waals surface area contributed by atoms with Gasteiger partial charge in [0.1, 0.15) is 0 Å². The first kappa shape index (κ1) is 32.2. The zero-order valence-electron chi connectivity index (χ0n) is 18.6. The molecule has 0 bridgehead atoms. The minimum Gasteiger partial charge on any atom is -0.199 e. The van der Waals surface area contributed by atoms with Gasteiger partial charge in [-0.2, -0.15) is 41.2 Å². The molecule has 0 N–H and O–H groups in total. The van der Waals surface area contributed by atoms with Gasteiger partial charge in [-0.25, -0.2) is 0 Å². The third kappa shape index (κ3) is 9.91. The van der Waals surface area contributed by atoms with Crippen molar-refractivity contribution in [3.05, 3.63) is 148 Å². The van der Waals surface area contributed by atoms with Crippen molar-refractivity contribution in [1.82, 2.24) is 0 Å². The Labute approximate surface area is 245 Å². The molecule has 0 saturated carbocycles. The summed E-state index contributed by atoms with van der Waals surface area (Å²) in [6.45, 7) is 17.2. The fourth-order valence-corrected chi connectivity index (χ4v) is 6.72. The van der Waals surface area contributed by atoms with Crippen LogP contribution in [0, 0.1) is 26.7 Å². The first-order valence-corrected chi connectivity index (χ1v) is 23.8. The minimum atomic E-state index is -1.65. The Hall–Kier alpha value is 0.181. The molecule has 0 aliphatic rings. The maximum absolute atomic E-state index is 4.31. The predicted octanol–water partition coefficient (Wildman–Crippen LogP) is 8.16. The Kier molecular flexibility index (Phi) is 15.9. The second-order valence-corrected chi connectivity index (χ2v) is 22.7. The van der Waals surface area contributed by atoms with E-state index in [9.17, 15) is 0 Å². The van der Waals surface area contributed by atoms with Gasteiger partial charge < -0.3 is 0 Å². The smallest absolute Gasteiger partial charge is 0.0408 e. The fourth-order valence-electron chi connectivity index (χ4n) is 3.15. The standard InChI is InChI=1S/2C14H14P.2Au.2BrH/c2*1-15(2,13-9-5-3-6-10-13)14-11-7-4-8-12-14;;;;/h2*3-12H,1-2H2;;;2*1H/q2*-1;2*+1;;/p-2. The molecule has 0 atom stereocenters. The third-order valence-corrected chi connectivity index (χ3v) is 10.1. The molecule has 0 aliphatic carbocycles. The molecule has 0 fully saturated rings. The van der Waals surface area contributed by atoms with Crippen LogP contribution in [-0.2, 0) is 37.9 Å². The zero-order valence-corrected chi connectivity index (χ0v) is 27.9. The summed E-state index contributed by atoms with van der Waals surface area (Å²) in [6, 6.07) is 41.3. The molecule has 4 rings (SSSR count). The van der Waals surface area contributed by atoms with Gasteiger partial charge in [0, 0.05) is 21.2 Å². The van der Waals surface area contributed by atoms with Crippen LogP contribution in [0.25, 0.3) is 0 Å². The van der Waals surface area contributed by atoms with Crippen molar-refractivity contribution in [3.8, 4) is 0 Å². The van der Waals surface area contributed by atoms with Gasteiger partial charge in [-0.3, -0.25) is 0 Å². The van der Waals surface area contributed by atoms with E-state index in [0.717, 1.165) is 0 Å². The van der Waals surface area contributed by atoms with Crippen molar-refractivity contribution in [3.63, 3.8) is 0 Å². The molecule has 0 radical (unpaired) electrons. The molecule has 6 heteroatoms. The maximum Gasteiger partial charge on any atom is 0.0408 e. The summed E-state index contributed by atoms with van der Waals surface area (Å²) < 4.78 is 0. The summed E-state index contributed by atoms with van der Waals surface area (Å²) in [7, 11) is -3.29. The number of halogens is 2. The minimum absolute atomic E-state index is 0. The van der Waals surface area contributed by atoms with E-state index in [1.807, 2.05) is 72.8 Å². The number of benzene rings is 4. The van der Waals surface area contributed by atoms with Crippen LogP contribution in [0.4, 0.5) is 0 Å². The topological polar surface area (TPSA) is 0 Å². The average Bonchev–Trinajstić information content (AvgIpc) is 2.87. The second kappa shape index (κ2) is 16.8. The first-order valence-electron chi connectivity index (χ1n) is 10.0. The van der Waals surface area contributed by atoms with Gasteiger partial charge in [0.15, 0.2) is 0 Å². The molecule has 0 amide bonds. The molecule has 188 valence electrons. The van der Waals surface area contributed by atoms with E-state index in [4.69, 9.17) is 0 Å². The van der Waals surface area contributed by atoms with Gasteiger partial charge in [0.05, 0.1) is 0 Å². The summed E-state index contributed by atoms with van der Waals surface area (Å²) in [5.74, 6) is 0. The van der Waals surface area contributed by atoms with Crippen molar-refractivity contribution in [2.75, 3.05) is 0 Å². The number of hydrogen-bond acceptors (Lipinski definition) is 0. The van der Waals surface area contributed by atoms with Crippen LogP contribution in [0.5, 0.6) is 0 Å². The Balaban J connectivity index is 0.000000297. The Morgan fingerprint density at radius 1 is 0.412 bits per heavy atom. The zero-order chi connectivity index (χ0) is 24.2. The molecule has 34 heavy (non-hydrogen) atoms. The van der Waals surface area contributed by atoms with Crippen LogP contribution in [0.15, 0.2) is 121 Å². The van der Waals surface area contributed by atoms with E-state index < -0.39 is 14.5 Å². The quantitative estimate of drug-likeness (QED) is 0.110. The van der Waals surface area contributed by atoms with Crippen LogP contribution in [0.2, 0.25) is 0 Å². The molecule has 0 spiro atoms. The first-order chi connectivity index (χ1) is 15.8. The molecule has 4 aromatic rings. The molecule has 0 aliphatic heterocycles. The number of rotatable bonds is 4. The number of hydrogen-bond donors (Lipinski definition) is 0. The third-order valence-electron chi connectivity index (χ3n) is 5.00. The largest absolute Gasteiger partial charge is 0.199 e. The van der Waals surface area contributed by atoms with Crippen molar-refractivity contribution in [1.29, 1.82) is 0 Å². The Bertz CT molecular complexity index is 877. The van der Waals surface area contributed by atoms with E-state index in [-0.39, 0.29) is 22.4 Å². The summed E-state index contributed by atoms with van der Waals surface area (Å²) in [5.41, 5.74) is 0. The van der Waals surface area contributed by atoms with Gasteiger partial charge in [-0.15, -0.1) is 0 Å². The van der Waals surface area contributed by atoms with E-state index in [2.05, 4.69) is 101 Å². The van der Waals surface area contributed by atoms with Gasteiger partial charge in [0.2, 0.25) is 0 Å². The molecule has 0 unspecified atom stereocenters. The van der Waals surface area contributed by atoms with E-state index in [1.165, 1.54) is 21.2 Å². The normalized spacial score (nSPS) is 10.6. The molecule has 0 heterocycles. The molecule has 0 saturated heterocycles. The van der Waals surface area contributed by atoms with Crippen LogP contribution in [0.1, 0.15) is 0 Å². The molecule has 0 nitrogen and oxygen atoms in total. The predicted molar refractivity (Wildman–Crippen MR) is 157 cm³/mol. The van der Waals surface area contributed by atoms with Crippen molar-refractivity contribution < 1.29 is 37.9 Å². The van der Waals surface area contributed by atoms with Crippen LogP contribution >= 0.6 is 40.6 Å². The molecule has 4 aromatic carbocycles. The van der Waals surface area contributed by atoms with Crippen molar-refractivity contribution in [2.45, 2.75) is 0 Å². The average molecular weight is 980 g/mol. The van der Waals surface area contributed by atoms with Crippen molar-refractivity contribution >= 4 is 61.8 Å². The van der Waals surface area contributed by atoms with Crippen molar-refractivity contribution in [2.24, 2.45) is 0 Å².